The van der Waals surface area contributed by atoms with Gasteiger partial charge in [0.05, 0.1) is 16.3 Å². The Labute approximate surface area is 177 Å². The van der Waals surface area contributed by atoms with Crippen LogP contribution in [0.5, 0.6) is 0 Å². The molecule has 2 aromatic carbocycles. The number of hydrogen-bond donors (Lipinski definition) is 3. The molecule has 0 unspecified atom stereocenters. The molecule has 1 heterocycles. The van der Waals surface area contributed by atoms with E-state index in [1.54, 1.807) is 24.3 Å². The molecule has 1 aromatic heterocycles. The van der Waals surface area contributed by atoms with Crippen molar-refractivity contribution in [3.63, 3.8) is 0 Å². The van der Waals surface area contributed by atoms with Crippen LogP contribution in [0, 0.1) is 0 Å². The van der Waals surface area contributed by atoms with Gasteiger partial charge in [0.1, 0.15) is 4.88 Å². The summed E-state index contributed by atoms with van der Waals surface area (Å²) in [5.41, 5.74) is 0.945. The third kappa shape index (κ3) is 4.49. The number of thiophene rings is 1. The van der Waals surface area contributed by atoms with E-state index < -0.39 is 5.91 Å². The van der Waals surface area contributed by atoms with E-state index in [1.165, 1.54) is 11.3 Å². The molecule has 0 fully saturated rings. The van der Waals surface area contributed by atoms with Crippen molar-refractivity contribution >= 4 is 67.9 Å². The Balaban J connectivity index is 1.74. The van der Waals surface area contributed by atoms with E-state index in [-0.39, 0.29) is 17.1 Å². The zero-order valence-electron chi connectivity index (χ0n) is 15.2. The van der Waals surface area contributed by atoms with Crippen molar-refractivity contribution in [3.8, 4) is 0 Å². The van der Waals surface area contributed by atoms with Crippen molar-refractivity contribution in [3.05, 3.63) is 64.0 Å². The summed E-state index contributed by atoms with van der Waals surface area (Å²) < 4.78 is 0.923. The molecule has 144 valence electrons. The van der Waals surface area contributed by atoms with Crippen molar-refractivity contribution in [2.45, 2.75) is 19.9 Å². The summed E-state index contributed by atoms with van der Waals surface area (Å²) in [6, 6.07) is 14.5. The lowest BCUT2D eigenvalue weighted by atomic mass is 10.1. The number of hydrogen-bond acceptors (Lipinski definition) is 4. The van der Waals surface area contributed by atoms with Crippen LogP contribution in [0.3, 0.4) is 0 Å². The second-order valence-electron chi connectivity index (χ2n) is 6.32. The Morgan fingerprint density at radius 1 is 1.04 bits per heavy atom. The standard InChI is InChI=1S/C20H18ClN3O2S2/c1-11(2)22-18(25)12-7-3-5-9-14(12)23-20(27)24-19(26)17-16(21)13-8-4-6-10-15(13)28-17/h3-11H,1-2H3,(H,22,25)(H2,23,24,26,27). The minimum Gasteiger partial charge on any atom is -0.350 e. The van der Waals surface area contributed by atoms with Gasteiger partial charge in [-0.1, -0.05) is 41.9 Å². The number of rotatable bonds is 4. The van der Waals surface area contributed by atoms with E-state index in [1.807, 2.05) is 38.1 Å². The minimum atomic E-state index is -0.396. The van der Waals surface area contributed by atoms with Crippen LogP contribution in [0.1, 0.15) is 33.9 Å². The highest BCUT2D eigenvalue weighted by atomic mass is 35.5. The molecule has 0 saturated carbocycles. The van der Waals surface area contributed by atoms with E-state index in [2.05, 4.69) is 16.0 Å². The molecule has 8 heteroatoms. The smallest absolute Gasteiger partial charge is 0.269 e. The van der Waals surface area contributed by atoms with Crippen LogP contribution >= 0.6 is 35.2 Å². The molecule has 0 aliphatic heterocycles. The summed E-state index contributed by atoms with van der Waals surface area (Å²) in [6.07, 6.45) is 0. The van der Waals surface area contributed by atoms with Gasteiger partial charge in [-0.05, 0) is 44.3 Å². The van der Waals surface area contributed by atoms with Gasteiger partial charge in [0.15, 0.2) is 5.11 Å². The van der Waals surface area contributed by atoms with Crippen molar-refractivity contribution < 1.29 is 9.59 Å². The van der Waals surface area contributed by atoms with E-state index in [4.69, 9.17) is 23.8 Å². The fourth-order valence-electron chi connectivity index (χ4n) is 2.60. The minimum absolute atomic E-state index is 0.00214. The number of thiocarbonyl (C=S) groups is 1. The monoisotopic (exact) mass is 431 g/mol. The number of amides is 2. The van der Waals surface area contributed by atoms with Gasteiger partial charge >= 0.3 is 0 Å². The van der Waals surface area contributed by atoms with Crippen LogP contribution in [0.4, 0.5) is 5.69 Å². The Hall–Kier alpha value is -2.48. The van der Waals surface area contributed by atoms with Gasteiger partial charge in [0.2, 0.25) is 0 Å². The first-order valence-corrected chi connectivity index (χ1v) is 10.2. The SMILES string of the molecule is CC(C)NC(=O)c1ccccc1NC(=S)NC(=O)c1sc2ccccc2c1Cl. The average Bonchev–Trinajstić information content (AvgIpc) is 2.98. The zero-order chi connectivity index (χ0) is 20.3. The maximum absolute atomic E-state index is 12.6. The summed E-state index contributed by atoms with van der Waals surface area (Å²) in [4.78, 5) is 25.3. The molecule has 3 rings (SSSR count). The summed E-state index contributed by atoms with van der Waals surface area (Å²) in [7, 11) is 0. The highest BCUT2D eigenvalue weighted by molar-refractivity contribution is 7.80. The van der Waals surface area contributed by atoms with Crippen molar-refractivity contribution in [1.29, 1.82) is 0 Å². The summed E-state index contributed by atoms with van der Waals surface area (Å²) in [5, 5.41) is 9.70. The van der Waals surface area contributed by atoms with Gasteiger partial charge < -0.3 is 10.6 Å². The highest BCUT2D eigenvalue weighted by Gasteiger charge is 2.19. The Bertz CT molecular complexity index is 1060. The number of para-hydroxylation sites is 1. The van der Waals surface area contributed by atoms with Crippen LogP contribution in [0.25, 0.3) is 10.1 Å². The molecule has 0 saturated heterocycles. The molecule has 5 nitrogen and oxygen atoms in total. The first-order valence-electron chi connectivity index (χ1n) is 8.56. The van der Waals surface area contributed by atoms with Gasteiger partial charge in [-0.15, -0.1) is 11.3 Å². The van der Waals surface area contributed by atoms with Crippen molar-refractivity contribution in [2.75, 3.05) is 5.32 Å². The topological polar surface area (TPSA) is 70.2 Å². The lowest BCUT2D eigenvalue weighted by Gasteiger charge is -2.14. The predicted octanol–water partition coefficient (Wildman–Crippen LogP) is 4.82. The number of halogens is 1. The van der Waals surface area contributed by atoms with Crippen LogP contribution in [-0.2, 0) is 0 Å². The summed E-state index contributed by atoms with van der Waals surface area (Å²) in [5.74, 6) is -0.618. The second-order valence-corrected chi connectivity index (χ2v) is 8.16. The Kier molecular flexibility index (Phi) is 6.28. The third-order valence-corrected chi connectivity index (χ3v) is 5.69. The highest BCUT2D eigenvalue weighted by Crippen LogP contribution is 2.35. The maximum atomic E-state index is 12.6. The fraction of sp³-hybridized carbons (Fsp3) is 0.150. The molecule has 0 aliphatic rings. The Morgan fingerprint density at radius 2 is 1.71 bits per heavy atom. The van der Waals surface area contributed by atoms with Gasteiger partial charge in [0, 0.05) is 16.1 Å². The molecule has 0 aliphatic carbocycles. The molecule has 3 N–H and O–H groups in total. The molecular weight excluding hydrogens is 414 g/mol. The number of benzene rings is 2. The molecule has 2 amide bonds. The number of carbonyl (C=O) groups excluding carboxylic acids is 2. The van der Waals surface area contributed by atoms with Crippen molar-refractivity contribution in [2.24, 2.45) is 0 Å². The third-order valence-electron chi connectivity index (χ3n) is 3.81. The predicted molar refractivity (Wildman–Crippen MR) is 120 cm³/mol. The van der Waals surface area contributed by atoms with Gasteiger partial charge in [-0.2, -0.15) is 0 Å². The maximum Gasteiger partial charge on any atom is 0.269 e. The van der Waals surface area contributed by atoms with Crippen LogP contribution in [-0.4, -0.2) is 23.0 Å². The quantitative estimate of drug-likeness (QED) is 0.518. The molecule has 0 atom stereocenters. The Morgan fingerprint density at radius 3 is 2.43 bits per heavy atom. The zero-order valence-corrected chi connectivity index (χ0v) is 17.6. The second kappa shape index (κ2) is 8.68. The normalized spacial score (nSPS) is 10.7. The van der Waals surface area contributed by atoms with Crippen molar-refractivity contribution in [1.82, 2.24) is 10.6 Å². The lowest BCUT2D eigenvalue weighted by molar-refractivity contribution is 0.0942. The average molecular weight is 432 g/mol. The van der Waals surface area contributed by atoms with Gasteiger partial charge in [0.25, 0.3) is 11.8 Å². The van der Waals surface area contributed by atoms with E-state index in [9.17, 15) is 9.59 Å². The van der Waals surface area contributed by atoms with E-state index in [0.717, 1.165) is 10.1 Å². The summed E-state index contributed by atoms with van der Waals surface area (Å²) in [6.45, 7) is 3.76. The van der Waals surface area contributed by atoms with E-state index >= 15 is 0 Å². The van der Waals surface area contributed by atoms with Crippen LogP contribution < -0.4 is 16.0 Å². The summed E-state index contributed by atoms with van der Waals surface area (Å²) >= 11 is 12.9. The fourth-order valence-corrected chi connectivity index (χ4v) is 4.22. The van der Waals surface area contributed by atoms with Crippen LogP contribution in [0.2, 0.25) is 5.02 Å². The van der Waals surface area contributed by atoms with E-state index in [0.29, 0.717) is 21.2 Å². The molecule has 3 aromatic rings. The first kappa shape index (κ1) is 20.3. The largest absolute Gasteiger partial charge is 0.350 e. The number of nitrogens with one attached hydrogen (secondary N) is 3. The molecular formula is C20H18ClN3O2S2. The molecule has 0 radical (unpaired) electrons. The molecule has 0 spiro atoms. The number of anilines is 1. The lowest BCUT2D eigenvalue weighted by Crippen LogP contribution is -2.35. The van der Waals surface area contributed by atoms with Gasteiger partial charge in [-0.25, -0.2) is 0 Å². The molecule has 28 heavy (non-hydrogen) atoms. The van der Waals surface area contributed by atoms with Gasteiger partial charge in [-0.3, -0.25) is 14.9 Å². The number of carbonyl (C=O) groups is 2. The van der Waals surface area contributed by atoms with Crippen LogP contribution in [0.15, 0.2) is 48.5 Å². The first-order chi connectivity index (χ1) is 13.4. The number of fused-ring (bicyclic) bond motifs is 1. The molecule has 0 bridgehead atoms.